The molecule has 0 atom stereocenters. The van der Waals surface area contributed by atoms with E-state index in [1.807, 2.05) is 0 Å². The summed E-state index contributed by atoms with van der Waals surface area (Å²) in [4.78, 5) is 5.01. The Morgan fingerprint density at radius 2 is 1.64 bits per heavy atom. The van der Waals surface area contributed by atoms with Crippen LogP contribution < -0.4 is 0 Å². The van der Waals surface area contributed by atoms with E-state index in [4.69, 9.17) is 4.52 Å². The van der Waals surface area contributed by atoms with Crippen LogP contribution in [0.15, 0.2) is 40.9 Å². The van der Waals surface area contributed by atoms with Gasteiger partial charge in [0, 0.05) is 51.3 Å². The van der Waals surface area contributed by atoms with Crippen molar-refractivity contribution in [3.63, 3.8) is 0 Å². The quantitative estimate of drug-likeness (QED) is 0.849. The molecule has 0 radical (unpaired) electrons. The van der Waals surface area contributed by atoms with Crippen LogP contribution in [0.4, 0.5) is 0 Å². The molecule has 1 aliphatic carbocycles. The summed E-state index contributed by atoms with van der Waals surface area (Å²) in [7, 11) is 0. The number of nitrogens with zero attached hydrogens (tertiary/aromatic N) is 3. The second-order valence-electron chi connectivity index (χ2n) is 6.53. The Bertz CT molecular complexity index is 598. The summed E-state index contributed by atoms with van der Waals surface area (Å²) in [5, 5.41) is 4.23. The van der Waals surface area contributed by atoms with E-state index in [1.54, 1.807) is 0 Å². The van der Waals surface area contributed by atoms with Crippen LogP contribution in [-0.2, 0) is 13.1 Å². The van der Waals surface area contributed by atoms with Crippen molar-refractivity contribution in [3.05, 3.63) is 53.4 Å². The number of rotatable bonds is 5. The van der Waals surface area contributed by atoms with Gasteiger partial charge in [0.25, 0.3) is 0 Å². The van der Waals surface area contributed by atoms with Gasteiger partial charge >= 0.3 is 0 Å². The molecule has 1 aromatic carbocycles. The Hall–Kier alpha value is -1.65. The lowest BCUT2D eigenvalue weighted by atomic mass is 10.2. The molecule has 0 amide bonds. The second kappa shape index (κ2) is 6.23. The molecule has 0 N–H and O–H groups in total. The monoisotopic (exact) mass is 297 g/mol. The van der Waals surface area contributed by atoms with Gasteiger partial charge in [0.15, 0.2) is 0 Å². The molecule has 4 nitrogen and oxygen atoms in total. The molecule has 4 rings (SSSR count). The summed E-state index contributed by atoms with van der Waals surface area (Å²) >= 11 is 0. The highest BCUT2D eigenvalue weighted by atomic mass is 16.5. The summed E-state index contributed by atoms with van der Waals surface area (Å²) in [6.45, 7) is 6.46. The van der Waals surface area contributed by atoms with Crippen LogP contribution in [0.1, 0.15) is 35.8 Å². The molecule has 0 bridgehead atoms. The summed E-state index contributed by atoms with van der Waals surface area (Å²) in [6.07, 6.45) is 2.54. The zero-order valence-electron chi connectivity index (χ0n) is 12.9. The third-order valence-corrected chi connectivity index (χ3v) is 4.66. The van der Waals surface area contributed by atoms with Crippen LogP contribution in [0.3, 0.4) is 0 Å². The largest absolute Gasteiger partial charge is 0.361 e. The second-order valence-corrected chi connectivity index (χ2v) is 6.53. The lowest BCUT2D eigenvalue weighted by Gasteiger charge is -2.34. The van der Waals surface area contributed by atoms with Crippen molar-refractivity contribution in [3.8, 4) is 0 Å². The van der Waals surface area contributed by atoms with Crippen LogP contribution in [0.5, 0.6) is 0 Å². The van der Waals surface area contributed by atoms with Gasteiger partial charge in [0.2, 0.25) is 0 Å². The smallest absolute Gasteiger partial charge is 0.140 e. The zero-order valence-corrected chi connectivity index (χ0v) is 12.9. The summed E-state index contributed by atoms with van der Waals surface area (Å²) in [5.74, 6) is 1.75. The molecule has 116 valence electrons. The van der Waals surface area contributed by atoms with Crippen LogP contribution >= 0.6 is 0 Å². The Kier molecular flexibility index (Phi) is 3.95. The fourth-order valence-corrected chi connectivity index (χ4v) is 3.14. The third kappa shape index (κ3) is 3.39. The molecule has 22 heavy (non-hydrogen) atoms. The predicted molar refractivity (Wildman–Crippen MR) is 85.5 cm³/mol. The van der Waals surface area contributed by atoms with Crippen LogP contribution in [-0.4, -0.2) is 41.1 Å². The maximum atomic E-state index is 5.44. The van der Waals surface area contributed by atoms with Crippen molar-refractivity contribution >= 4 is 0 Å². The van der Waals surface area contributed by atoms with E-state index >= 15 is 0 Å². The SMILES string of the molecule is c1ccc(CN2CCN(Cc3cc(C4CC4)on3)CC2)cc1. The molecule has 4 heteroatoms. The highest BCUT2D eigenvalue weighted by Crippen LogP contribution is 2.40. The van der Waals surface area contributed by atoms with E-state index in [0.29, 0.717) is 5.92 Å². The minimum Gasteiger partial charge on any atom is -0.361 e. The molecule has 1 aromatic heterocycles. The van der Waals surface area contributed by atoms with E-state index in [-0.39, 0.29) is 0 Å². The number of aromatic nitrogens is 1. The van der Waals surface area contributed by atoms with Gasteiger partial charge < -0.3 is 4.52 Å². The van der Waals surface area contributed by atoms with E-state index in [1.165, 1.54) is 18.4 Å². The van der Waals surface area contributed by atoms with Gasteiger partial charge in [-0.3, -0.25) is 9.80 Å². The van der Waals surface area contributed by atoms with Gasteiger partial charge in [-0.05, 0) is 18.4 Å². The van der Waals surface area contributed by atoms with Crippen molar-refractivity contribution in [1.29, 1.82) is 0 Å². The summed E-state index contributed by atoms with van der Waals surface area (Å²) < 4.78 is 5.44. The average molecular weight is 297 g/mol. The topological polar surface area (TPSA) is 32.5 Å². The van der Waals surface area contributed by atoms with Gasteiger partial charge in [-0.2, -0.15) is 0 Å². The molecule has 0 unspecified atom stereocenters. The first kappa shape index (κ1) is 14.0. The van der Waals surface area contributed by atoms with Crippen molar-refractivity contribution < 1.29 is 4.52 Å². The Morgan fingerprint density at radius 1 is 0.955 bits per heavy atom. The van der Waals surface area contributed by atoms with E-state index in [0.717, 1.165) is 50.7 Å². The minimum atomic E-state index is 0.656. The van der Waals surface area contributed by atoms with Crippen molar-refractivity contribution in [2.45, 2.75) is 31.8 Å². The number of benzene rings is 1. The first-order chi connectivity index (χ1) is 10.9. The molecule has 2 heterocycles. The maximum Gasteiger partial charge on any atom is 0.140 e. The number of piperazine rings is 1. The minimum absolute atomic E-state index is 0.656. The predicted octanol–water partition coefficient (Wildman–Crippen LogP) is 2.87. The maximum absolute atomic E-state index is 5.44. The van der Waals surface area contributed by atoms with Gasteiger partial charge in [-0.25, -0.2) is 0 Å². The lowest BCUT2D eigenvalue weighted by Crippen LogP contribution is -2.45. The Labute approximate surface area is 131 Å². The summed E-state index contributed by atoms with van der Waals surface area (Å²) in [5.41, 5.74) is 2.50. The van der Waals surface area contributed by atoms with E-state index in [9.17, 15) is 0 Å². The molecule has 1 aliphatic heterocycles. The zero-order chi connectivity index (χ0) is 14.8. The third-order valence-electron chi connectivity index (χ3n) is 4.66. The molecule has 0 spiro atoms. The molecular weight excluding hydrogens is 274 g/mol. The molecule has 1 saturated carbocycles. The number of hydrogen-bond donors (Lipinski definition) is 0. The van der Waals surface area contributed by atoms with Gasteiger partial charge in [0.05, 0.1) is 5.69 Å². The van der Waals surface area contributed by atoms with Crippen molar-refractivity contribution in [2.24, 2.45) is 0 Å². The summed E-state index contributed by atoms with van der Waals surface area (Å²) in [6, 6.07) is 12.9. The highest BCUT2D eigenvalue weighted by Gasteiger charge is 2.28. The first-order valence-electron chi connectivity index (χ1n) is 8.31. The molecule has 2 aromatic rings. The standard InChI is InChI=1S/C18H23N3O/c1-2-4-15(5-3-1)13-20-8-10-21(11-9-20)14-17-12-18(22-19-17)16-6-7-16/h1-5,12,16H,6-11,13-14H2. The molecule has 2 fully saturated rings. The Balaban J connectivity index is 1.26. The normalized spacial score (nSPS) is 20.4. The van der Waals surface area contributed by atoms with Crippen LogP contribution in [0.25, 0.3) is 0 Å². The van der Waals surface area contributed by atoms with Gasteiger partial charge in [-0.15, -0.1) is 0 Å². The van der Waals surface area contributed by atoms with Crippen molar-refractivity contribution in [1.82, 2.24) is 15.0 Å². The van der Waals surface area contributed by atoms with Crippen molar-refractivity contribution in [2.75, 3.05) is 26.2 Å². The number of hydrogen-bond acceptors (Lipinski definition) is 4. The average Bonchev–Trinajstić information content (AvgIpc) is 3.30. The van der Waals surface area contributed by atoms with Gasteiger partial charge in [0.1, 0.15) is 5.76 Å². The molecular formula is C18H23N3O. The molecule has 1 saturated heterocycles. The first-order valence-corrected chi connectivity index (χ1v) is 8.31. The van der Waals surface area contributed by atoms with Crippen LogP contribution in [0, 0.1) is 0 Å². The Morgan fingerprint density at radius 3 is 2.32 bits per heavy atom. The fraction of sp³-hybridized carbons (Fsp3) is 0.500. The van der Waals surface area contributed by atoms with E-state index < -0.39 is 0 Å². The lowest BCUT2D eigenvalue weighted by molar-refractivity contribution is 0.120. The van der Waals surface area contributed by atoms with Gasteiger partial charge in [-0.1, -0.05) is 35.5 Å². The fourth-order valence-electron chi connectivity index (χ4n) is 3.14. The molecule has 2 aliphatic rings. The highest BCUT2D eigenvalue weighted by molar-refractivity contribution is 5.15. The van der Waals surface area contributed by atoms with Crippen LogP contribution in [0.2, 0.25) is 0 Å². The van der Waals surface area contributed by atoms with E-state index in [2.05, 4.69) is 51.4 Å².